The van der Waals surface area contributed by atoms with E-state index in [2.05, 4.69) is 229 Å². The molecule has 0 amide bonds. The van der Waals surface area contributed by atoms with Gasteiger partial charge in [0.05, 0.1) is 11.1 Å². The Morgan fingerprint density at radius 3 is 1.41 bits per heavy atom. The lowest BCUT2D eigenvalue weighted by atomic mass is 9.70. The highest BCUT2D eigenvalue weighted by Crippen LogP contribution is 2.65. The highest BCUT2D eigenvalue weighted by molar-refractivity contribution is 7.18. The molecule has 2 heteroatoms. The molecule has 2 aliphatic rings. The van der Waals surface area contributed by atoms with Crippen molar-refractivity contribution in [1.82, 2.24) is 0 Å². The van der Waals surface area contributed by atoms with Crippen molar-refractivity contribution in [2.75, 3.05) is 4.90 Å². The van der Waals surface area contributed by atoms with E-state index < -0.39 is 5.41 Å². The quantitative estimate of drug-likeness (QED) is 0.157. The van der Waals surface area contributed by atoms with Crippen LogP contribution in [0.4, 0.5) is 17.1 Å². The number of rotatable bonds is 5. The van der Waals surface area contributed by atoms with E-state index in [0.717, 1.165) is 11.4 Å². The largest absolute Gasteiger partial charge is 0.310 e. The topological polar surface area (TPSA) is 3.24 Å². The number of hydrogen-bond donors (Lipinski definition) is 0. The lowest BCUT2D eigenvalue weighted by molar-refractivity contribution is 0.793. The van der Waals surface area contributed by atoms with Crippen LogP contribution in [0.1, 0.15) is 22.3 Å². The molecule has 0 unspecified atom stereocenters. The van der Waals surface area contributed by atoms with Crippen LogP contribution >= 0.6 is 11.3 Å². The molecule has 1 spiro atoms. The molecule has 1 nitrogen and oxygen atoms in total. The van der Waals surface area contributed by atoms with Crippen LogP contribution in [0.5, 0.6) is 0 Å². The summed E-state index contributed by atoms with van der Waals surface area (Å²) in [6, 6.07) is 83.7. The highest BCUT2D eigenvalue weighted by Gasteiger charge is 2.53. The number of anilines is 3. The molecule has 1 aromatic heterocycles. The van der Waals surface area contributed by atoms with Crippen molar-refractivity contribution in [1.29, 1.82) is 0 Å². The lowest BCUT2D eigenvalue weighted by Crippen LogP contribution is -2.28. The molecule has 11 aromatic rings. The second-order valence-corrected chi connectivity index (χ2v) is 17.4. The number of hydrogen-bond acceptors (Lipinski definition) is 2. The van der Waals surface area contributed by atoms with Gasteiger partial charge in [-0.25, -0.2) is 0 Å². The normalized spacial score (nSPS) is 13.0. The second-order valence-electron chi connectivity index (χ2n) is 16.3. The molecule has 0 saturated carbocycles. The first-order valence-corrected chi connectivity index (χ1v) is 21.9. The van der Waals surface area contributed by atoms with Gasteiger partial charge in [-0.05, 0) is 125 Å². The molecular formula is C59H37NS. The standard InChI is InChI=1S/C59H37NS/c1-2-16-38(17-3-1)56-34-35-57(61-56)39-18-14-19-40(36-39)60(41-32-33-46-44-22-5-4-20-42(44)43-21-6-7-23-45(43)51(46)37-41)55-31-15-27-50-49-26-10-13-30-54(49)59(58(50)55)52-28-11-8-24-47(52)48-25-9-12-29-53(48)59/h1-37H. The third-order valence-electron chi connectivity index (χ3n) is 13.3. The van der Waals surface area contributed by atoms with E-state index in [1.807, 2.05) is 11.3 Å². The van der Waals surface area contributed by atoms with E-state index in [0.29, 0.717) is 0 Å². The number of thiophene rings is 1. The fourth-order valence-corrected chi connectivity index (χ4v) is 11.8. The Morgan fingerprint density at radius 2 is 0.770 bits per heavy atom. The molecule has 13 rings (SSSR count). The van der Waals surface area contributed by atoms with Crippen LogP contribution in [0.3, 0.4) is 0 Å². The van der Waals surface area contributed by atoms with Crippen LogP contribution in [0.2, 0.25) is 0 Å². The van der Waals surface area contributed by atoms with Gasteiger partial charge in [-0.15, -0.1) is 11.3 Å². The van der Waals surface area contributed by atoms with Crippen molar-refractivity contribution in [3.8, 4) is 43.1 Å². The van der Waals surface area contributed by atoms with E-state index in [1.165, 1.54) is 103 Å². The highest BCUT2D eigenvalue weighted by atomic mass is 32.1. The third kappa shape index (κ3) is 4.88. The van der Waals surface area contributed by atoms with Crippen LogP contribution in [0, 0.1) is 0 Å². The van der Waals surface area contributed by atoms with Crippen LogP contribution < -0.4 is 4.90 Å². The zero-order valence-corrected chi connectivity index (χ0v) is 34.0. The Balaban J connectivity index is 1.11. The van der Waals surface area contributed by atoms with Gasteiger partial charge in [0.2, 0.25) is 0 Å². The van der Waals surface area contributed by atoms with Gasteiger partial charge in [0.1, 0.15) is 0 Å². The minimum Gasteiger partial charge on any atom is -0.310 e. The zero-order valence-electron chi connectivity index (χ0n) is 33.2. The summed E-state index contributed by atoms with van der Waals surface area (Å²) >= 11 is 1.85. The summed E-state index contributed by atoms with van der Waals surface area (Å²) < 4.78 is 0. The average Bonchev–Trinajstić information content (AvgIpc) is 4.03. The molecular weight excluding hydrogens is 755 g/mol. The maximum Gasteiger partial charge on any atom is 0.0746 e. The first-order valence-electron chi connectivity index (χ1n) is 21.1. The van der Waals surface area contributed by atoms with Crippen molar-refractivity contribution in [2.24, 2.45) is 0 Å². The van der Waals surface area contributed by atoms with Crippen molar-refractivity contribution in [3.05, 3.63) is 247 Å². The molecule has 2 aliphatic carbocycles. The van der Waals surface area contributed by atoms with Crippen molar-refractivity contribution < 1.29 is 0 Å². The summed E-state index contributed by atoms with van der Waals surface area (Å²) in [6.45, 7) is 0. The summed E-state index contributed by atoms with van der Waals surface area (Å²) in [5, 5.41) is 7.61. The fraction of sp³-hybridized carbons (Fsp3) is 0.0169. The smallest absolute Gasteiger partial charge is 0.0746 e. The number of benzene rings is 10. The average molecular weight is 792 g/mol. The Hall–Kier alpha value is -7.52. The predicted molar refractivity (Wildman–Crippen MR) is 259 cm³/mol. The van der Waals surface area contributed by atoms with Crippen molar-refractivity contribution in [3.63, 3.8) is 0 Å². The molecule has 0 aliphatic heterocycles. The second kappa shape index (κ2) is 13.2. The number of fused-ring (bicyclic) bond motifs is 16. The summed E-state index contributed by atoms with van der Waals surface area (Å²) in [5.74, 6) is 0. The predicted octanol–water partition coefficient (Wildman–Crippen LogP) is 16.4. The Labute approximate surface area is 359 Å². The Kier molecular flexibility index (Phi) is 7.46. The summed E-state index contributed by atoms with van der Waals surface area (Å²) in [5.41, 5.74) is 15.9. The molecule has 284 valence electrons. The minimum absolute atomic E-state index is 0.510. The van der Waals surface area contributed by atoms with Gasteiger partial charge >= 0.3 is 0 Å². The van der Waals surface area contributed by atoms with Gasteiger partial charge in [-0.3, -0.25) is 0 Å². The van der Waals surface area contributed by atoms with Gasteiger partial charge in [0.15, 0.2) is 0 Å². The van der Waals surface area contributed by atoms with Crippen LogP contribution in [-0.2, 0) is 5.41 Å². The van der Waals surface area contributed by atoms with E-state index >= 15 is 0 Å². The number of nitrogens with zero attached hydrogens (tertiary/aromatic N) is 1. The maximum atomic E-state index is 2.55. The summed E-state index contributed by atoms with van der Waals surface area (Å²) in [4.78, 5) is 5.07. The third-order valence-corrected chi connectivity index (χ3v) is 14.5. The van der Waals surface area contributed by atoms with Gasteiger partial charge in [-0.2, -0.15) is 0 Å². The molecule has 0 fully saturated rings. The summed E-state index contributed by atoms with van der Waals surface area (Å²) in [7, 11) is 0. The molecule has 0 N–H and O–H groups in total. The van der Waals surface area contributed by atoms with Gasteiger partial charge < -0.3 is 4.90 Å². The Bertz CT molecular complexity index is 3460. The molecule has 10 aromatic carbocycles. The van der Waals surface area contributed by atoms with Crippen LogP contribution in [-0.4, -0.2) is 0 Å². The molecule has 0 bridgehead atoms. The lowest BCUT2D eigenvalue weighted by Gasteiger charge is -2.36. The van der Waals surface area contributed by atoms with Crippen molar-refractivity contribution in [2.45, 2.75) is 5.41 Å². The zero-order chi connectivity index (χ0) is 40.1. The minimum atomic E-state index is -0.510. The van der Waals surface area contributed by atoms with E-state index in [4.69, 9.17) is 0 Å². The van der Waals surface area contributed by atoms with Crippen LogP contribution in [0.25, 0.3) is 75.5 Å². The first-order chi connectivity index (χ1) is 30.3. The molecule has 0 saturated heterocycles. The molecule has 0 atom stereocenters. The molecule has 61 heavy (non-hydrogen) atoms. The summed E-state index contributed by atoms with van der Waals surface area (Å²) in [6.07, 6.45) is 0. The maximum absolute atomic E-state index is 2.55. The van der Waals surface area contributed by atoms with Gasteiger partial charge in [0.25, 0.3) is 0 Å². The monoisotopic (exact) mass is 791 g/mol. The first kappa shape index (κ1) is 34.4. The van der Waals surface area contributed by atoms with E-state index in [9.17, 15) is 0 Å². The Morgan fingerprint density at radius 1 is 0.311 bits per heavy atom. The van der Waals surface area contributed by atoms with Gasteiger partial charge in [-0.1, -0.05) is 182 Å². The van der Waals surface area contributed by atoms with Crippen molar-refractivity contribution >= 4 is 60.7 Å². The van der Waals surface area contributed by atoms with E-state index in [-0.39, 0.29) is 0 Å². The molecule has 1 heterocycles. The van der Waals surface area contributed by atoms with Gasteiger partial charge in [0, 0.05) is 26.7 Å². The SMILES string of the molecule is c1ccc(-c2ccc(-c3cccc(N(c4ccc5c6ccccc6c6ccccc6c5c4)c4cccc5c4C4(c6ccccc6-c6ccccc64)c4ccccc4-5)c3)s2)cc1. The fourth-order valence-electron chi connectivity index (χ4n) is 10.8. The van der Waals surface area contributed by atoms with E-state index in [1.54, 1.807) is 0 Å². The molecule has 0 radical (unpaired) electrons. The van der Waals surface area contributed by atoms with Crippen LogP contribution in [0.15, 0.2) is 224 Å².